The van der Waals surface area contributed by atoms with E-state index in [4.69, 9.17) is 5.11 Å². The number of carboxylic acid groups (broad SMARTS) is 1. The Bertz CT molecular complexity index is 530. The van der Waals surface area contributed by atoms with Crippen LogP contribution in [0.5, 0.6) is 0 Å². The van der Waals surface area contributed by atoms with E-state index in [0.717, 1.165) is 12.8 Å². The molecule has 3 N–H and O–H groups in total. The summed E-state index contributed by atoms with van der Waals surface area (Å²) in [5.41, 5.74) is 1.37. The lowest BCUT2D eigenvalue weighted by atomic mass is 10.1. The first-order valence-corrected chi connectivity index (χ1v) is 6.43. The van der Waals surface area contributed by atoms with E-state index in [1.54, 1.807) is 13.8 Å². The largest absolute Gasteiger partial charge is 0.481 e. The lowest BCUT2D eigenvalue weighted by molar-refractivity contribution is -0.137. The minimum Gasteiger partial charge on any atom is -0.481 e. The average molecular weight is 279 g/mol. The van der Waals surface area contributed by atoms with Crippen molar-refractivity contribution in [1.82, 2.24) is 20.5 Å². The number of hydrogen-bond acceptors (Lipinski definition) is 5. The molecular formula is C12H17N5O3. The van der Waals surface area contributed by atoms with Crippen LogP contribution in [0.15, 0.2) is 0 Å². The highest BCUT2D eigenvalue weighted by Crippen LogP contribution is 2.34. The number of nitrogens with one attached hydrogen (secondary N) is 2. The van der Waals surface area contributed by atoms with Crippen molar-refractivity contribution in [1.29, 1.82) is 0 Å². The molecule has 1 unspecified atom stereocenters. The molecule has 0 saturated heterocycles. The SMILES string of the molecule is Cc1nnc(NC(=O)NC(CC(=O)O)C2CC2)nc1C. The Labute approximate surface area is 116 Å². The van der Waals surface area contributed by atoms with Gasteiger partial charge in [-0.1, -0.05) is 0 Å². The van der Waals surface area contributed by atoms with Crippen LogP contribution < -0.4 is 10.6 Å². The van der Waals surface area contributed by atoms with Crippen LogP contribution in [0.25, 0.3) is 0 Å². The van der Waals surface area contributed by atoms with Crippen molar-refractivity contribution >= 4 is 17.9 Å². The van der Waals surface area contributed by atoms with Crippen LogP contribution in [0.1, 0.15) is 30.7 Å². The molecule has 2 amide bonds. The van der Waals surface area contributed by atoms with Gasteiger partial charge in [0, 0.05) is 6.04 Å². The van der Waals surface area contributed by atoms with E-state index in [1.165, 1.54) is 0 Å². The Hall–Kier alpha value is -2.25. The molecule has 0 bridgehead atoms. The number of amides is 2. The summed E-state index contributed by atoms with van der Waals surface area (Å²) in [6.45, 7) is 3.54. The number of aliphatic carboxylic acids is 1. The highest BCUT2D eigenvalue weighted by molar-refractivity contribution is 5.87. The molecule has 0 aliphatic heterocycles. The van der Waals surface area contributed by atoms with Crippen molar-refractivity contribution < 1.29 is 14.7 Å². The number of carbonyl (C=O) groups is 2. The minimum absolute atomic E-state index is 0.0792. The smallest absolute Gasteiger partial charge is 0.321 e. The monoisotopic (exact) mass is 279 g/mol. The molecule has 1 atom stereocenters. The Morgan fingerprint density at radius 2 is 2.00 bits per heavy atom. The molecule has 1 aromatic heterocycles. The zero-order valence-electron chi connectivity index (χ0n) is 11.4. The summed E-state index contributed by atoms with van der Waals surface area (Å²) < 4.78 is 0. The Kier molecular flexibility index (Phi) is 4.11. The van der Waals surface area contributed by atoms with Gasteiger partial charge in [0.1, 0.15) is 0 Å². The fourth-order valence-electron chi connectivity index (χ4n) is 1.84. The Balaban J connectivity index is 1.93. The number of nitrogens with zero attached hydrogens (tertiary/aromatic N) is 3. The standard InChI is InChI=1S/C12H17N5O3/c1-6-7(2)16-17-11(13-6)15-12(20)14-9(5-10(18)19)8-3-4-8/h8-9H,3-5H2,1-2H3,(H,18,19)(H2,13,14,15,17,20). The normalized spacial score (nSPS) is 15.5. The molecule has 0 radical (unpaired) electrons. The minimum atomic E-state index is -0.925. The van der Waals surface area contributed by atoms with Gasteiger partial charge in [-0.05, 0) is 32.6 Å². The highest BCUT2D eigenvalue weighted by Gasteiger charge is 2.33. The molecule has 1 aliphatic rings. The molecular weight excluding hydrogens is 262 g/mol. The topological polar surface area (TPSA) is 117 Å². The molecule has 8 nitrogen and oxygen atoms in total. The summed E-state index contributed by atoms with van der Waals surface area (Å²) in [5, 5.41) is 21.6. The number of carbonyl (C=O) groups excluding carboxylic acids is 1. The lowest BCUT2D eigenvalue weighted by Crippen LogP contribution is -2.41. The van der Waals surface area contributed by atoms with E-state index in [0.29, 0.717) is 11.4 Å². The molecule has 20 heavy (non-hydrogen) atoms. The molecule has 1 heterocycles. The van der Waals surface area contributed by atoms with Crippen molar-refractivity contribution in [2.24, 2.45) is 5.92 Å². The second kappa shape index (κ2) is 5.81. The van der Waals surface area contributed by atoms with Crippen LogP contribution in [0.4, 0.5) is 10.7 Å². The first-order valence-electron chi connectivity index (χ1n) is 6.43. The van der Waals surface area contributed by atoms with Crippen LogP contribution in [0.2, 0.25) is 0 Å². The lowest BCUT2D eigenvalue weighted by Gasteiger charge is -2.16. The maximum absolute atomic E-state index is 11.8. The summed E-state index contributed by atoms with van der Waals surface area (Å²) in [6, 6.07) is -0.861. The van der Waals surface area contributed by atoms with E-state index in [-0.39, 0.29) is 24.3 Å². The molecule has 108 valence electrons. The Morgan fingerprint density at radius 3 is 2.55 bits per heavy atom. The number of aromatic nitrogens is 3. The Morgan fingerprint density at radius 1 is 1.30 bits per heavy atom. The molecule has 1 fully saturated rings. The molecule has 0 aromatic carbocycles. The number of aryl methyl sites for hydroxylation is 2. The van der Waals surface area contributed by atoms with Crippen molar-refractivity contribution in [3.63, 3.8) is 0 Å². The number of anilines is 1. The van der Waals surface area contributed by atoms with Crippen LogP contribution >= 0.6 is 0 Å². The van der Waals surface area contributed by atoms with Crippen LogP contribution in [-0.2, 0) is 4.79 Å². The summed E-state index contributed by atoms with van der Waals surface area (Å²) in [7, 11) is 0. The first kappa shape index (κ1) is 14.2. The predicted octanol–water partition coefficient (Wildman–Crippen LogP) is 0.863. The van der Waals surface area contributed by atoms with Crippen molar-refractivity contribution in [3.05, 3.63) is 11.4 Å². The molecule has 0 spiro atoms. The third-order valence-electron chi connectivity index (χ3n) is 3.22. The van der Waals surface area contributed by atoms with E-state index in [2.05, 4.69) is 25.8 Å². The third-order valence-corrected chi connectivity index (χ3v) is 3.22. The van der Waals surface area contributed by atoms with Gasteiger partial charge >= 0.3 is 12.0 Å². The van der Waals surface area contributed by atoms with Crippen LogP contribution in [0, 0.1) is 19.8 Å². The van der Waals surface area contributed by atoms with Gasteiger partial charge in [0.25, 0.3) is 5.95 Å². The highest BCUT2D eigenvalue weighted by atomic mass is 16.4. The van der Waals surface area contributed by atoms with Crippen LogP contribution in [-0.4, -0.2) is 38.3 Å². The van der Waals surface area contributed by atoms with E-state index in [9.17, 15) is 9.59 Å². The fourth-order valence-corrected chi connectivity index (χ4v) is 1.84. The average Bonchev–Trinajstić information content (AvgIpc) is 3.16. The van der Waals surface area contributed by atoms with Gasteiger partial charge in [0.05, 0.1) is 17.8 Å². The van der Waals surface area contributed by atoms with E-state index < -0.39 is 12.0 Å². The predicted molar refractivity (Wildman–Crippen MR) is 70.2 cm³/mol. The van der Waals surface area contributed by atoms with Gasteiger partial charge in [-0.15, -0.1) is 5.10 Å². The number of hydrogen-bond donors (Lipinski definition) is 3. The van der Waals surface area contributed by atoms with Gasteiger partial charge in [0.15, 0.2) is 0 Å². The van der Waals surface area contributed by atoms with Crippen molar-refractivity contribution in [2.45, 2.75) is 39.2 Å². The summed E-state index contributed by atoms with van der Waals surface area (Å²) in [6.07, 6.45) is 1.81. The zero-order chi connectivity index (χ0) is 14.7. The van der Waals surface area contributed by atoms with E-state index >= 15 is 0 Å². The van der Waals surface area contributed by atoms with E-state index in [1.807, 2.05) is 0 Å². The van der Waals surface area contributed by atoms with Gasteiger partial charge < -0.3 is 10.4 Å². The number of urea groups is 1. The van der Waals surface area contributed by atoms with Gasteiger partial charge in [-0.2, -0.15) is 5.10 Å². The quantitative estimate of drug-likeness (QED) is 0.736. The molecule has 8 heteroatoms. The van der Waals surface area contributed by atoms with Crippen molar-refractivity contribution in [3.8, 4) is 0 Å². The summed E-state index contributed by atoms with van der Waals surface area (Å²) in [5.74, 6) is -0.572. The van der Waals surface area contributed by atoms with Gasteiger partial charge in [-0.25, -0.2) is 9.78 Å². The summed E-state index contributed by atoms with van der Waals surface area (Å²) in [4.78, 5) is 26.6. The number of rotatable bonds is 5. The first-order chi connectivity index (χ1) is 9.45. The molecule has 1 aromatic rings. The second-order valence-corrected chi connectivity index (χ2v) is 4.95. The maximum atomic E-state index is 11.8. The van der Waals surface area contributed by atoms with Crippen molar-refractivity contribution in [2.75, 3.05) is 5.32 Å². The van der Waals surface area contributed by atoms with Gasteiger partial charge in [0.2, 0.25) is 0 Å². The third kappa shape index (κ3) is 3.87. The second-order valence-electron chi connectivity index (χ2n) is 4.95. The summed E-state index contributed by atoms with van der Waals surface area (Å²) >= 11 is 0. The molecule has 2 rings (SSSR count). The fraction of sp³-hybridized carbons (Fsp3) is 0.583. The number of carboxylic acids is 1. The van der Waals surface area contributed by atoms with Crippen LogP contribution in [0.3, 0.4) is 0 Å². The van der Waals surface area contributed by atoms with Gasteiger partial charge in [-0.3, -0.25) is 10.1 Å². The maximum Gasteiger partial charge on any atom is 0.321 e. The molecule has 1 saturated carbocycles. The molecule has 1 aliphatic carbocycles. The zero-order valence-corrected chi connectivity index (χ0v) is 11.4.